The highest BCUT2D eigenvalue weighted by molar-refractivity contribution is 5.51. The Balaban J connectivity index is 1.64. The smallest absolute Gasteiger partial charge is 0.138 e. The minimum atomic E-state index is 0.743. The molecule has 4 heteroatoms. The first-order chi connectivity index (χ1) is 9.42. The molecule has 2 aliphatic rings. The van der Waals surface area contributed by atoms with E-state index in [1.807, 2.05) is 6.20 Å². The highest BCUT2D eigenvalue weighted by Gasteiger charge is 2.31. The number of anilines is 1. The maximum atomic E-state index is 4.38. The number of piperidine rings is 2. The Hall–Kier alpha value is -1.55. The average molecular weight is 256 g/mol. The van der Waals surface area contributed by atoms with Gasteiger partial charge in [-0.05, 0) is 43.9 Å². The first-order valence-electron chi connectivity index (χ1n) is 7.32. The van der Waals surface area contributed by atoms with Gasteiger partial charge in [0.15, 0.2) is 0 Å². The van der Waals surface area contributed by atoms with E-state index in [4.69, 9.17) is 0 Å². The van der Waals surface area contributed by atoms with Crippen LogP contribution in [0.4, 0.5) is 5.82 Å². The number of hydrogen-bond acceptors (Lipinski definition) is 3. The van der Waals surface area contributed by atoms with Crippen LogP contribution < -0.4 is 10.2 Å². The Morgan fingerprint density at radius 1 is 1.26 bits per heavy atom. The molecule has 0 aromatic carbocycles. The van der Waals surface area contributed by atoms with E-state index in [1.54, 1.807) is 0 Å². The fourth-order valence-corrected chi connectivity index (χ4v) is 3.64. The van der Waals surface area contributed by atoms with E-state index >= 15 is 0 Å². The van der Waals surface area contributed by atoms with Crippen LogP contribution in [-0.2, 0) is 0 Å². The summed E-state index contributed by atoms with van der Waals surface area (Å²) in [6, 6.07) is 7.14. The Morgan fingerprint density at radius 2 is 2.26 bits per heavy atom. The maximum absolute atomic E-state index is 4.38. The Morgan fingerprint density at radius 3 is 3.26 bits per heavy atom. The molecule has 2 unspecified atom stereocenters. The zero-order valence-corrected chi connectivity index (χ0v) is 11.1. The predicted molar refractivity (Wildman–Crippen MR) is 76.5 cm³/mol. The van der Waals surface area contributed by atoms with Crippen LogP contribution in [0.1, 0.15) is 19.3 Å². The molecule has 0 saturated carbocycles. The van der Waals surface area contributed by atoms with Crippen LogP contribution in [0.15, 0.2) is 30.6 Å². The zero-order chi connectivity index (χ0) is 12.7. The average Bonchev–Trinajstić information content (AvgIpc) is 2.95. The molecule has 4 heterocycles. The molecule has 2 saturated heterocycles. The molecular weight excluding hydrogens is 236 g/mol. The third kappa shape index (κ3) is 1.91. The molecule has 2 fully saturated rings. The normalized spacial score (nSPS) is 27.5. The minimum absolute atomic E-state index is 0.743. The number of hydrogen-bond donors (Lipinski definition) is 1. The fraction of sp³-hybridized carbons (Fsp3) is 0.533. The molecule has 0 spiro atoms. The van der Waals surface area contributed by atoms with E-state index in [1.165, 1.54) is 38.2 Å². The minimum Gasteiger partial charge on any atom is -0.357 e. The van der Waals surface area contributed by atoms with Gasteiger partial charge in [0.25, 0.3) is 0 Å². The van der Waals surface area contributed by atoms with Gasteiger partial charge in [-0.3, -0.25) is 4.40 Å². The molecule has 4 rings (SSSR count). The second kappa shape index (κ2) is 4.53. The van der Waals surface area contributed by atoms with Gasteiger partial charge in [-0.1, -0.05) is 6.07 Å². The highest BCUT2D eigenvalue weighted by Crippen LogP contribution is 2.28. The Kier molecular flexibility index (Phi) is 2.69. The summed E-state index contributed by atoms with van der Waals surface area (Å²) in [7, 11) is 0. The van der Waals surface area contributed by atoms with Gasteiger partial charge in [-0.2, -0.15) is 0 Å². The van der Waals surface area contributed by atoms with Gasteiger partial charge in [0, 0.05) is 31.5 Å². The van der Waals surface area contributed by atoms with Crippen LogP contribution in [0.3, 0.4) is 0 Å². The lowest BCUT2D eigenvalue weighted by Gasteiger charge is -2.42. The monoisotopic (exact) mass is 256 g/mol. The largest absolute Gasteiger partial charge is 0.357 e. The summed E-state index contributed by atoms with van der Waals surface area (Å²) >= 11 is 0. The van der Waals surface area contributed by atoms with Crippen LogP contribution in [0.5, 0.6) is 0 Å². The van der Waals surface area contributed by atoms with Crippen molar-refractivity contribution in [3.8, 4) is 0 Å². The Labute approximate surface area is 113 Å². The summed E-state index contributed by atoms with van der Waals surface area (Å²) in [6.07, 6.45) is 7.90. The third-order valence-corrected chi connectivity index (χ3v) is 4.62. The molecule has 2 atom stereocenters. The quantitative estimate of drug-likeness (QED) is 0.846. The first-order valence-corrected chi connectivity index (χ1v) is 7.32. The standard InChI is InChI=1S/C15H20N4/c1-4-14-17-8-10-19(14)15(5-1)18-9-6-13-12(11-18)3-2-7-16-13/h1,4-5,8,10,12-13,16H,2-3,6-7,9,11H2. The second-order valence-electron chi connectivity index (χ2n) is 5.74. The van der Waals surface area contributed by atoms with Crippen molar-refractivity contribution in [2.24, 2.45) is 5.92 Å². The summed E-state index contributed by atoms with van der Waals surface area (Å²) in [5.41, 5.74) is 1.04. The fourth-order valence-electron chi connectivity index (χ4n) is 3.64. The molecule has 4 nitrogen and oxygen atoms in total. The maximum Gasteiger partial charge on any atom is 0.138 e. The number of aromatic nitrogens is 2. The molecule has 100 valence electrons. The Bertz CT molecular complexity index is 576. The third-order valence-electron chi connectivity index (χ3n) is 4.62. The van der Waals surface area contributed by atoms with Crippen molar-refractivity contribution in [2.45, 2.75) is 25.3 Å². The lowest BCUT2D eigenvalue weighted by atomic mass is 9.85. The topological polar surface area (TPSA) is 32.6 Å². The molecule has 0 radical (unpaired) electrons. The number of nitrogens with zero attached hydrogens (tertiary/aromatic N) is 3. The molecule has 0 aliphatic carbocycles. The van der Waals surface area contributed by atoms with Crippen molar-refractivity contribution in [1.82, 2.24) is 14.7 Å². The van der Waals surface area contributed by atoms with Crippen molar-refractivity contribution in [3.63, 3.8) is 0 Å². The van der Waals surface area contributed by atoms with Gasteiger partial charge in [0.1, 0.15) is 11.5 Å². The van der Waals surface area contributed by atoms with Gasteiger partial charge in [-0.15, -0.1) is 0 Å². The summed E-state index contributed by atoms with van der Waals surface area (Å²) in [4.78, 5) is 6.91. The van der Waals surface area contributed by atoms with Crippen molar-refractivity contribution >= 4 is 11.5 Å². The van der Waals surface area contributed by atoms with Gasteiger partial charge in [-0.25, -0.2) is 4.98 Å². The molecular formula is C15H20N4. The molecule has 19 heavy (non-hydrogen) atoms. The molecule has 1 N–H and O–H groups in total. The number of rotatable bonds is 1. The van der Waals surface area contributed by atoms with E-state index in [2.05, 4.69) is 44.0 Å². The van der Waals surface area contributed by atoms with Crippen molar-refractivity contribution in [3.05, 3.63) is 30.6 Å². The van der Waals surface area contributed by atoms with Gasteiger partial charge < -0.3 is 10.2 Å². The van der Waals surface area contributed by atoms with Crippen molar-refractivity contribution < 1.29 is 0 Å². The van der Waals surface area contributed by atoms with Gasteiger partial charge in [0.2, 0.25) is 0 Å². The van der Waals surface area contributed by atoms with Gasteiger partial charge >= 0.3 is 0 Å². The first kappa shape index (κ1) is 11.3. The summed E-state index contributed by atoms with van der Waals surface area (Å²) < 4.78 is 2.20. The van der Waals surface area contributed by atoms with Crippen molar-refractivity contribution in [1.29, 1.82) is 0 Å². The molecule has 0 bridgehead atoms. The van der Waals surface area contributed by atoms with Crippen molar-refractivity contribution in [2.75, 3.05) is 24.5 Å². The summed E-state index contributed by atoms with van der Waals surface area (Å²) in [5.74, 6) is 2.10. The summed E-state index contributed by atoms with van der Waals surface area (Å²) in [5, 5.41) is 3.68. The van der Waals surface area contributed by atoms with E-state index in [-0.39, 0.29) is 0 Å². The number of fused-ring (bicyclic) bond motifs is 2. The molecule has 2 aromatic rings. The predicted octanol–water partition coefficient (Wildman–Crippen LogP) is 1.91. The zero-order valence-electron chi connectivity index (χ0n) is 11.1. The lowest BCUT2D eigenvalue weighted by molar-refractivity contribution is 0.243. The van der Waals surface area contributed by atoms with E-state index in [9.17, 15) is 0 Å². The SMILES string of the molecule is c1cc(N2CCC3NCCCC3C2)n2ccnc2c1. The van der Waals surface area contributed by atoms with E-state index < -0.39 is 0 Å². The number of pyridine rings is 1. The highest BCUT2D eigenvalue weighted by atomic mass is 15.2. The number of imidazole rings is 1. The molecule has 0 amide bonds. The number of nitrogens with one attached hydrogen (secondary N) is 1. The second-order valence-corrected chi connectivity index (χ2v) is 5.74. The van der Waals surface area contributed by atoms with Crippen LogP contribution >= 0.6 is 0 Å². The summed E-state index contributed by atoms with van der Waals surface area (Å²) in [6.45, 7) is 3.53. The lowest BCUT2D eigenvalue weighted by Crippen LogP contribution is -2.52. The van der Waals surface area contributed by atoms with Crippen LogP contribution in [0.2, 0.25) is 0 Å². The van der Waals surface area contributed by atoms with E-state index in [0.717, 1.165) is 24.2 Å². The van der Waals surface area contributed by atoms with E-state index in [0.29, 0.717) is 0 Å². The van der Waals surface area contributed by atoms with Gasteiger partial charge in [0.05, 0.1) is 0 Å². The van der Waals surface area contributed by atoms with Crippen LogP contribution in [0.25, 0.3) is 5.65 Å². The van der Waals surface area contributed by atoms with Crippen LogP contribution in [0, 0.1) is 5.92 Å². The molecule has 2 aromatic heterocycles. The molecule has 2 aliphatic heterocycles. The van der Waals surface area contributed by atoms with Crippen LogP contribution in [-0.4, -0.2) is 35.1 Å².